The minimum absolute atomic E-state index is 0.530. The highest BCUT2D eigenvalue weighted by Crippen LogP contribution is 2.40. The van der Waals surface area contributed by atoms with Gasteiger partial charge in [-0.1, -0.05) is 19.1 Å². The summed E-state index contributed by atoms with van der Waals surface area (Å²) in [7, 11) is 4.74. The minimum atomic E-state index is 0.530. The van der Waals surface area contributed by atoms with E-state index in [-0.39, 0.29) is 0 Å². The largest absolute Gasteiger partial charge is 0.493 e. The second-order valence-corrected chi connectivity index (χ2v) is 6.12. The molecule has 8 heteroatoms. The standard InChI is InChI=1S/C20H21N5O3/c1-5-17-23-24-20-19(22-13-8-6-7-9-14(13)25(17)20)21-12-10-15(26-2)18(28-4)16(11-12)27-3/h6-11H,5H2,1-4H3,(H,21,22). The number of benzene rings is 2. The molecule has 0 bridgehead atoms. The molecular weight excluding hydrogens is 358 g/mol. The van der Waals surface area contributed by atoms with Crippen molar-refractivity contribution in [1.29, 1.82) is 0 Å². The van der Waals surface area contributed by atoms with Gasteiger partial charge < -0.3 is 19.5 Å². The molecule has 144 valence electrons. The van der Waals surface area contributed by atoms with Gasteiger partial charge in [-0.2, -0.15) is 0 Å². The van der Waals surface area contributed by atoms with Crippen LogP contribution >= 0.6 is 0 Å². The van der Waals surface area contributed by atoms with Crippen molar-refractivity contribution >= 4 is 28.2 Å². The molecule has 0 aliphatic rings. The Morgan fingerprint density at radius 1 is 0.964 bits per heavy atom. The van der Waals surface area contributed by atoms with E-state index in [1.54, 1.807) is 21.3 Å². The fourth-order valence-corrected chi connectivity index (χ4v) is 3.24. The lowest BCUT2D eigenvalue weighted by molar-refractivity contribution is 0.324. The number of aryl methyl sites for hydroxylation is 1. The highest BCUT2D eigenvalue weighted by atomic mass is 16.5. The number of anilines is 2. The molecule has 0 saturated carbocycles. The van der Waals surface area contributed by atoms with Crippen LogP contribution in [0.25, 0.3) is 16.7 Å². The highest BCUT2D eigenvalue weighted by molar-refractivity contribution is 5.84. The molecule has 0 saturated heterocycles. The molecule has 0 spiro atoms. The maximum atomic E-state index is 5.44. The minimum Gasteiger partial charge on any atom is -0.493 e. The maximum Gasteiger partial charge on any atom is 0.204 e. The summed E-state index contributed by atoms with van der Waals surface area (Å²) in [6.45, 7) is 2.05. The third kappa shape index (κ3) is 2.83. The lowest BCUT2D eigenvalue weighted by atomic mass is 10.2. The molecule has 4 aromatic rings. The Bertz CT molecular complexity index is 1130. The maximum absolute atomic E-state index is 5.44. The summed E-state index contributed by atoms with van der Waals surface area (Å²) in [5, 5.41) is 12.0. The van der Waals surface area contributed by atoms with Crippen LogP contribution in [-0.4, -0.2) is 40.9 Å². The second kappa shape index (κ2) is 7.22. The van der Waals surface area contributed by atoms with Crippen molar-refractivity contribution in [2.75, 3.05) is 26.6 Å². The summed E-state index contributed by atoms with van der Waals surface area (Å²) in [5.41, 5.74) is 3.21. The number of para-hydroxylation sites is 2. The first kappa shape index (κ1) is 17.8. The smallest absolute Gasteiger partial charge is 0.204 e. The van der Waals surface area contributed by atoms with Crippen molar-refractivity contribution < 1.29 is 14.2 Å². The average Bonchev–Trinajstić information content (AvgIpc) is 3.18. The van der Waals surface area contributed by atoms with Crippen LogP contribution in [0.4, 0.5) is 11.5 Å². The molecule has 0 atom stereocenters. The van der Waals surface area contributed by atoms with Gasteiger partial charge in [-0.3, -0.25) is 4.40 Å². The normalized spacial score (nSPS) is 11.0. The number of rotatable bonds is 6. The van der Waals surface area contributed by atoms with Gasteiger partial charge in [0.2, 0.25) is 11.4 Å². The lowest BCUT2D eigenvalue weighted by Crippen LogP contribution is -2.03. The van der Waals surface area contributed by atoms with Gasteiger partial charge in [0, 0.05) is 24.2 Å². The lowest BCUT2D eigenvalue weighted by Gasteiger charge is -2.15. The van der Waals surface area contributed by atoms with Gasteiger partial charge in [0.25, 0.3) is 0 Å². The van der Waals surface area contributed by atoms with Crippen LogP contribution in [0.5, 0.6) is 17.2 Å². The predicted molar refractivity (Wildman–Crippen MR) is 107 cm³/mol. The zero-order valence-corrected chi connectivity index (χ0v) is 16.2. The summed E-state index contributed by atoms with van der Waals surface area (Å²) < 4.78 is 18.3. The Balaban J connectivity index is 1.89. The zero-order valence-electron chi connectivity index (χ0n) is 16.2. The number of aromatic nitrogens is 4. The van der Waals surface area contributed by atoms with E-state index < -0.39 is 0 Å². The Labute approximate surface area is 162 Å². The van der Waals surface area contributed by atoms with E-state index in [1.807, 2.05) is 40.8 Å². The van der Waals surface area contributed by atoms with E-state index in [1.165, 1.54) is 0 Å². The van der Waals surface area contributed by atoms with Crippen LogP contribution in [-0.2, 0) is 6.42 Å². The van der Waals surface area contributed by atoms with Crippen molar-refractivity contribution in [3.8, 4) is 17.2 Å². The van der Waals surface area contributed by atoms with Gasteiger partial charge in [-0.25, -0.2) is 4.98 Å². The predicted octanol–water partition coefficient (Wildman–Crippen LogP) is 3.61. The van der Waals surface area contributed by atoms with Gasteiger partial charge in [0.05, 0.1) is 32.4 Å². The molecule has 2 aromatic carbocycles. The SMILES string of the molecule is CCc1nnc2c(Nc3cc(OC)c(OC)c(OC)c3)nc3ccccc3n12. The molecule has 1 N–H and O–H groups in total. The first-order valence-corrected chi connectivity index (χ1v) is 8.90. The van der Waals surface area contributed by atoms with E-state index in [0.29, 0.717) is 28.7 Å². The topological polar surface area (TPSA) is 82.8 Å². The fraction of sp³-hybridized carbons (Fsp3) is 0.250. The number of nitrogens with zero attached hydrogens (tertiary/aromatic N) is 4. The molecule has 8 nitrogen and oxygen atoms in total. The van der Waals surface area contributed by atoms with Crippen molar-refractivity contribution in [2.45, 2.75) is 13.3 Å². The van der Waals surface area contributed by atoms with Crippen LogP contribution < -0.4 is 19.5 Å². The Morgan fingerprint density at radius 3 is 2.32 bits per heavy atom. The zero-order chi connectivity index (χ0) is 19.7. The molecule has 28 heavy (non-hydrogen) atoms. The third-order valence-electron chi connectivity index (χ3n) is 4.54. The Hall–Kier alpha value is -3.55. The van der Waals surface area contributed by atoms with Crippen LogP contribution in [0.1, 0.15) is 12.7 Å². The quantitative estimate of drug-likeness (QED) is 0.548. The van der Waals surface area contributed by atoms with Crippen LogP contribution in [0.15, 0.2) is 36.4 Å². The summed E-state index contributed by atoms with van der Waals surface area (Å²) in [6.07, 6.45) is 0.763. The van der Waals surface area contributed by atoms with E-state index in [0.717, 1.165) is 29.0 Å². The molecule has 0 radical (unpaired) electrons. The molecule has 4 rings (SSSR count). The van der Waals surface area contributed by atoms with E-state index >= 15 is 0 Å². The molecule has 0 aliphatic heterocycles. The van der Waals surface area contributed by atoms with Crippen LogP contribution in [0, 0.1) is 0 Å². The second-order valence-electron chi connectivity index (χ2n) is 6.12. The first-order chi connectivity index (χ1) is 13.7. The van der Waals surface area contributed by atoms with Crippen LogP contribution in [0.2, 0.25) is 0 Å². The molecule has 2 heterocycles. The number of ether oxygens (including phenoxy) is 3. The number of hydrogen-bond donors (Lipinski definition) is 1. The van der Waals surface area contributed by atoms with Crippen molar-refractivity contribution in [2.24, 2.45) is 0 Å². The van der Waals surface area contributed by atoms with Gasteiger partial charge in [0.15, 0.2) is 17.3 Å². The summed E-state index contributed by atoms with van der Waals surface area (Å²) in [6, 6.07) is 11.6. The molecule has 0 unspecified atom stereocenters. The van der Waals surface area contributed by atoms with Gasteiger partial charge >= 0.3 is 0 Å². The molecule has 0 aliphatic carbocycles. The van der Waals surface area contributed by atoms with Gasteiger partial charge in [-0.05, 0) is 12.1 Å². The van der Waals surface area contributed by atoms with Crippen molar-refractivity contribution in [3.05, 3.63) is 42.2 Å². The van der Waals surface area contributed by atoms with Crippen LogP contribution in [0.3, 0.4) is 0 Å². The molecule has 2 aromatic heterocycles. The van der Waals surface area contributed by atoms with Gasteiger partial charge in [0.1, 0.15) is 5.82 Å². The summed E-state index contributed by atoms with van der Waals surface area (Å²) in [5.74, 6) is 3.11. The first-order valence-electron chi connectivity index (χ1n) is 8.90. The number of methoxy groups -OCH3 is 3. The van der Waals surface area contributed by atoms with Gasteiger partial charge in [-0.15, -0.1) is 10.2 Å². The van der Waals surface area contributed by atoms with E-state index in [2.05, 4.69) is 22.4 Å². The third-order valence-corrected chi connectivity index (χ3v) is 4.54. The van der Waals surface area contributed by atoms with Crippen molar-refractivity contribution in [3.63, 3.8) is 0 Å². The highest BCUT2D eigenvalue weighted by Gasteiger charge is 2.17. The monoisotopic (exact) mass is 379 g/mol. The number of hydrogen-bond acceptors (Lipinski definition) is 7. The average molecular weight is 379 g/mol. The summed E-state index contributed by atoms with van der Waals surface area (Å²) >= 11 is 0. The summed E-state index contributed by atoms with van der Waals surface area (Å²) in [4.78, 5) is 4.75. The van der Waals surface area contributed by atoms with E-state index in [9.17, 15) is 0 Å². The molecule has 0 amide bonds. The molecule has 0 fully saturated rings. The van der Waals surface area contributed by atoms with E-state index in [4.69, 9.17) is 19.2 Å². The Kier molecular flexibility index (Phi) is 4.60. The Morgan fingerprint density at radius 2 is 1.68 bits per heavy atom. The molecular formula is C20H21N5O3. The number of fused-ring (bicyclic) bond motifs is 3. The number of nitrogens with one attached hydrogen (secondary N) is 1. The fourth-order valence-electron chi connectivity index (χ4n) is 3.24. The van der Waals surface area contributed by atoms with Crippen molar-refractivity contribution in [1.82, 2.24) is 19.6 Å².